The van der Waals surface area contributed by atoms with Gasteiger partial charge in [-0.2, -0.15) is 0 Å². The van der Waals surface area contributed by atoms with E-state index in [1.54, 1.807) is 36.4 Å². The van der Waals surface area contributed by atoms with Crippen LogP contribution < -0.4 is 14.2 Å². The highest BCUT2D eigenvalue weighted by Crippen LogP contribution is 2.29. The zero-order valence-corrected chi connectivity index (χ0v) is 16.8. The van der Waals surface area contributed by atoms with E-state index in [1.807, 2.05) is 30.3 Å². The zero-order valence-electron chi connectivity index (χ0n) is 16.8. The maximum Gasteiger partial charge on any atom is 0.338 e. The van der Waals surface area contributed by atoms with E-state index in [9.17, 15) is 9.59 Å². The van der Waals surface area contributed by atoms with Gasteiger partial charge in [-0.1, -0.05) is 42.5 Å². The lowest BCUT2D eigenvalue weighted by Gasteiger charge is -2.12. The summed E-state index contributed by atoms with van der Waals surface area (Å²) in [7, 11) is 2.97. The van der Waals surface area contributed by atoms with Crippen LogP contribution in [0, 0.1) is 0 Å². The summed E-state index contributed by atoms with van der Waals surface area (Å²) < 4.78 is 21.5. The summed E-state index contributed by atoms with van der Waals surface area (Å²) in [6.45, 7) is -0.0256. The molecule has 0 aliphatic heterocycles. The Bertz CT molecular complexity index is 1010. The number of benzene rings is 3. The average molecular weight is 406 g/mol. The Kier molecular flexibility index (Phi) is 7.05. The van der Waals surface area contributed by atoms with Gasteiger partial charge in [-0.3, -0.25) is 4.79 Å². The summed E-state index contributed by atoms with van der Waals surface area (Å²) in [4.78, 5) is 24.7. The number of carbonyl (C=O) groups is 2. The fraction of sp³-hybridized carbons (Fsp3) is 0.167. The second kappa shape index (κ2) is 10.1. The molecule has 0 amide bonds. The Morgan fingerprint density at radius 1 is 0.767 bits per heavy atom. The van der Waals surface area contributed by atoms with Gasteiger partial charge in [0.25, 0.3) is 0 Å². The molecule has 0 unspecified atom stereocenters. The van der Waals surface area contributed by atoms with Crippen LogP contribution in [0.3, 0.4) is 0 Å². The molecule has 0 radical (unpaired) electrons. The minimum Gasteiger partial charge on any atom is -0.496 e. The molecule has 0 atom stereocenters. The van der Waals surface area contributed by atoms with Crippen LogP contribution >= 0.6 is 0 Å². The second-order valence-corrected chi connectivity index (χ2v) is 6.34. The highest BCUT2D eigenvalue weighted by Gasteiger charge is 2.17. The van der Waals surface area contributed by atoms with Crippen LogP contribution in [0.25, 0.3) is 0 Å². The highest BCUT2D eigenvalue weighted by molar-refractivity contribution is 6.01. The summed E-state index contributed by atoms with van der Waals surface area (Å²) in [5.41, 5.74) is 1.62. The van der Waals surface area contributed by atoms with Crippen molar-refractivity contribution in [1.29, 1.82) is 0 Å². The minimum atomic E-state index is -0.633. The normalized spacial score (nSPS) is 10.2. The molecular formula is C24H22O6. The first-order valence-electron chi connectivity index (χ1n) is 9.30. The van der Waals surface area contributed by atoms with Gasteiger partial charge in [-0.25, -0.2) is 4.79 Å². The van der Waals surface area contributed by atoms with Gasteiger partial charge < -0.3 is 18.9 Å². The van der Waals surface area contributed by atoms with Crippen molar-refractivity contribution < 1.29 is 28.5 Å². The van der Waals surface area contributed by atoms with Crippen molar-refractivity contribution in [1.82, 2.24) is 0 Å². The van der Waals surface area contributed by atoms with Crippen LogP contribution in [0.1, 0.15) is 26.3 Å². The topological polar surface area (TPSA) is 71.1 Å². The molecule has 30 heavy (non-hydrogen) atoms. The Morgan fingerprint density at radius 3 is 2.20 bits per heavy atom. The standard InChI is InChI=1S/C24H22O6/c1-27-21-11-7-6-10-19(21)20(25)16-30-24(26)18-12-13-22(23(14-18)28-2)29-15-17-8-4-3-5-9-17/h3-14H,15-16H2,1-2H3. The molecule has 0 aliphatic carbocycles. The lowest BCUT2D eigenvalue weighted by molar-refractivity contribution is 0.0473. The average Bonchev–Trinajstić information content (AvgIpc) is 2.81. The molecule has 3 aromatic rings. The fourth-order valence-corrected chi connectivity index (χ4v) is 2.82. The summed E-state index contributed by atoms with van der Waals surface area (Å²) in [5, 5.41) is 0. The number of ether oxygens (including phenoxy) is 4. The van der Waals surface area contributed by atoms with E-state index in [1.165, 1.54) is 20.3 Å². The van der Waals surface area contributed by atoms with E-state index in [-0.39, 0.29) is 11.3 Å². The number of Topliss-reactive ketones (excluding diaryl/α,β-unsaturated/α-hetero) is 1. The molecule has 0 bridgehead atoms. The van der Waals surface area contributed by atoms with Gasteiger partial charge in [-0.05, 0) is 35.9 Å². The smallest absolute Gasteiger partial charge is 0.338 e. The molecule has 0 heterocycles. The molecule has 3 aromatic carbocycles. The summed E-state index contributed by atoms with van der Waals surface area (Å²) in [6.07, 6.45) is 0. The van der Waals surface area contributed by atoms with Gasteiger partial charge in [0.15, 0.2) is 18.1 Å². The number of hydrogen-bond acceptors (Lipinski definition) is 6. The molecule has 0 saturated heterocycles. The third-order valence-electron chi connectivity index (χ3n) is 4.38. The predicted octanol–water partition coefficient (Wildman–Crippen LogP) is 4.32. The number of hydrogen-bond donors (Lipinski definition) is 0. The fourth-order valence-electron chi connectivity index (χ4n) is 2.82. The number of carbonyl (C=O) groups excluding carboxylic acids is 2. The van der Waals surface area contributed by atoms with Crippen molar-refractivity contribution in [3.63, 3.8) is 0 Å². The van der Waals surface area contributed by atoms with E-state index in [2.05, 4.69) is 0 Å². The van der Waals surface area contributed by atoms with Gasteiger partial charge in [0.1, 0.15) is 12.4 Å². The number of esters is 1. The quantitative estimate of drug-likeness (QED) is 0.389. The number of methoxy groups -OCH3 is 2. The van der Waals surface area contributed by atoms with Crippen LogP contribution in [0.4, 0.5) is 0 Å². The Hall–Kier alpha value is -3.80. The van der Waals surface area contributed by atoms with Gasteiger partial charge >= 0.3 is 5.97 Å². The molecule has 6 nitrogen and oxygen atoms in total. The van der Waals surface area contributed by atoms with E-state index < -0.39 is 12.6 Å². The van der Waals surface area contributed by atoms with Crippen molar-refractivity contribution in [2.45, 2.75) is 6.61 Å². The van der Waals surface area contributed by atoms with E-state index in [0.717, 1.165) is 5.56 Å². The van der Waals surface area contributed by atoms with Crippen LogP contribution in [-0.2, 0) is 11.3 Å². The lowest BCUT2D eigenvalue weighted by atomic mass is 10.1. The van der Waals surface area contributed by atoms with Crippen molar-refractivity contribution in [2.75, 3.05) is 20.8 Å². The zero-order chi connectivity index (χ0) is 21.3. The first kappa shape index (κ1) is 20.9. The Labute approximate surface area is 175 Å². The maximum absolute atomic E-state index is 12.4. The lowest BCUT2D eigenvalue weighted by Crippen LogP contribution is -2.15. The maximum atomic E-state index is 12.4. The van der Waals surface area contributed by atoms with E-state index in [4.69, 9.17) is 18.9 Å². The molecule has 0 saturated carbocycles. The molecule has 3 rings (SSSR count). The molecule has 0 aliphatic rings. The Balaban J connectivity index is 1.63. The monoisotopic (exact) mass is 406 g/mol. The minimum absolute atomic E-state index is 0.256. The van der Waals surface area contributed by atoms with Crippen LogP contribution in [0.5, 0.6) is 17.2 Å². The van der Waals surface area contributed by atoms with Crippen molar-refractivity contribution in [3.8, 4) is 17.2 Å². The molecule has 0 N–H and O–H groups in total. The van der Waals surface area contributed by atoms with Gasteiger partial charge in [0.05, 0.1) is 25.3 Å². The molecule has 0 spiro atoms. The molecule has 0 aromatic heterocycles. The number of rotatable bonds is 9. The summed E-state index contributed by atoms with van der Waals surface area (Å²) >= 11 is 0. The first-order chi connectivity index (χ1) is 14.6. The van der Waals surface area contributed by atoms with Crippen LogP contribution in [0.15, 0.2) is 72.8 Å². The largest absolute Gasteiger partial charge is 0.496 e. The van der Waals surface area contributed by atoms with Crippen LogP contribution in [0.2, 0.25) is 0 Å². The number of para-hydroxylation sites is 1. The van der Waals surface area contributed by atoms with E-state index >= 15 is 0 Å². The molecule has 6 heteroatoms. The number of ketones is 1. The SMILES string of the molecule is COc1cc(C(=O)OCC(=O)c2ccccc2OC)ccc1OCc1ccccc1. The van der Waals surface area contributed by atoms with Gasteiger partial charge in [0.2, 0.25) is 5.78 Å². The molecule has 154 valence electrons. The van der Waals surface area contributed by atoms with Crippen LogP contribution in [-0.4, -0.2) is 32.6 Å². The third-order valence-corrected chi connectivity index (χ3v) is 4.38. The van der Waals surface area contributed by atoms with Crippen molar-refractivity contribution >= 4 is 11.8 Å². The van der Waals surface area contributed by atoms with Crippen molar-refractivity contribution in [2.24, 2.45) is 0 Å². The van der Waals surface area contributed by atoms with Gasteiger partial charge in [0, 0.05) is 0 Å². The third kappa shape index (κ3) is 5.17. The molecular weight excluding hydrogens is 384 g/mol. The Morgan fingerprint density at radius 2 is 1.47 bits per heavy atom. The van der Waals surface area contributed by atoms with E-state index in [0.29, 0.717) is 29.4 Å². The highest BCUT2D eigenvalue weighted by atomic mass is 16.5. The predicted molar refractivity (Wildman–Crippen MR) is 111 cm³/mol. The summed E-state index contributed by atoms with van der Waals surface area (Å²) in [5.74, 6) is 0.348. The summed E-state index contributed by atoms with van der Waals surface area (Å²) in [6, 6.07) is 21.2. The second-order valence-electron chi connectivity index (χ2n) is 6.34. The first-order valence-corrected chi connectivity index (χ1v) is 9.30. The van der Waals surface area contributed by atoms with Gasteiger partial charge in [-0.15, -0.1) is 0 Å². The molecule has 0 fully saturated rings. The van der Waals surface area contributed by atoms with Crippen molar-refractivity contribution in [3.05, 3.63) is 89.5 Å².